The Kier molecular flexibility index (Phi) is 9.92. The SMILES string of the molecule is N=Cc1c(NCc2ccc(F)cc2)nc(SCCN2CCOCC2)nc1NCC(Cl)c1ccccc1. The lowest BCUT2D eigenvalue weighted by atomic mass is 10.1. The van der Waals surface area contributed by atoms with Crippen molar-refractivity contribution in [1.29, 1.82) is 5.41 Å². The van der Waals surface area contributed by atoms with Gasteiger partial charge in [0.05, 0.1) is 24.2 Å². The highest BCUT2D eigenvalue weighted by atomic mass is 35.5. The molecular weight excluding hydrogens is 499 g/mol. The molecule has 1 atom stereocenters. The number of aromatic nitrogens is 2. The Balaban J connectivity index is 1.49. The van der Waals surface area contributed by atoms with Crippen LogP contribution in [0.3, 0.4) is 0 Å². The van der Waals surface area contributed by atoms with Crippen LogP contribution in [0.4, 0.5) is 16.0 Å². The summed E-state index contributed by atoms with van der Waals surface area (Å²) in [5.74, 6) is 1.66. The fraction of sp³-hybridized carbons (Fsp3) is 0.346. The van der Waals surface area contributed by atoms with E-state index >= 15 is 0 Å². The van der Waals surface area contributed by atoms with Crippen molar-refractivity contribution in [3.8, 4) is 0 Å². The van der Waals surface area contributed by atoms with Gasteiger partial charge in [0.15, 0.2) is 5.16 Å². The van der Waals surface area contributed by atoms with Gasteiger partial charge in [-0.25, -0.2) is 14.4 Å². The second-order valence-electron chi connectivity index (χ2n) is 8.30. The first-order chi connectivity index (χ1) is 17.6. The zero-order chi connectivity index (χ0) is 25.2. The third kappa shape index (κ3) is 7.64. The summed E-state index contributed by atoms with van der Waals surface area (Å²) < 4.78 is 18.7. The molecule has 7 nitrogen and oxygen atoms in total. The van der Waals surface area contributed by atoms with Gasteiger partial charge >= 0.3 is 0 Å². The molecule has 1 fully saturated rings. The van der Waals surface area contributed by atoms with Crippen molar-refractivity contribution in [1.82, 2.24) is 14.9 Å². The predicted octanol–water partition coefficient (Wildman–Crippen LogP) is 5.04. The van der Waals surface area contributed by atoms with Crippen LogP contribution in [0, 0.1) is 11.2 Å². The van der Waals surface area contributed by atoms with Gasteiger partial charge in [-0.3, -0.25) is 4.90 Å². The Morgan fingerprint density at radius 2 is 1.75 bits per heavy atom. The summed E-state index contributed by atoms with van der Waals surface area (Å²) in [5, 5.41) is 15.0. The maximum absolute atomic E-state index is 13.3. The number of ether oxygens (including phenoxy) is 1. The van der Waals surface area contributed by atoms with Crippen molar-refractivity contribution < 1.29 is 9.13 Å². The van der Waals surface area contributed by atoms with Crippen molar-refractivity contribution in [2.45, 2.75) is 17.1 Å². The first-order valence-corrected chi connectivity index (χ1v) is 13.3. The lowest BCUT2D eigenvalue weighted by molar-refractivity contribution is 0.0410. The van der Waals surface area contributed by atoms with Crippen LogP contribution in [0.25, 0.3) is 0 Å². The van der Waals surface area contributed by atoms with Crippen LogP contribution in [-0.4, -0.2) is 66.2 Å². The molecule has 0 radical (unpaired) electrons. The number of benzene rings is 2. The van der Waals surface area contributed by atoms with Crippen molar-refractivity contribution in [2.75, 3.05) is 55.8 Å². The number of hydrogen-bond acceptors (Lipinski definition) is 8. The second-order valence-corrected chi connectivity index (χ2v) is 9.89. The van der Waals surface area contributed by atoms with Gasteiger partial charge in [0.25, 0.3) is 0 Å². The van der Waals surface area contributed by atoms with Crippen molar-refractivity contribution in [3.05, 3.63) is 77.1 Å². The van der Waals surface area contributed by atoms with E-state index in [2.05, 4.69) is 15.5 Å². The van der Waals surface area contributed by atoms with Crippen LogP contribution >= 0.6 is 23.4 Å². The molecule has 0 aliphatic carbocycles. The molecule has 2 aromatic carbocycles. The minimum Gasteiger partial charge on any atom is -0.379 e. The number of nitrogens with one attached hydrogen (secondary N) is 3. The Labute approximate surface area is 220 Å². The molecule has 0 bridgehead atoms. The molecule has 1 saturated heterocycles. The monoisotopic (exact) mass is 528 g/mol. The first-order valence-electron chi connectivity index (χ1n) is 11.9. The molecule has 0 spiro atoms. The average molecular weight is 529 g/mol. The third-order valence-corrected chi connectivity index (χ3v) is 7.03. The number of anilines is 2. The van der Waals surface area contributed by atoms with E-state index in [0.29, 0.717) is 35.4 Å². The van der Waals surface area contributed by atoms with E-state index in [-0.39, 0.29) is 11.2 Å². The van der Waals surface area contributed by atoms with Crippen molar-refractivity contribution in [2.24, 2.45) is 0 Å². The summed E-state index contributed by atoms with van der Waals surface area (Å²) in [7, 11) is 0. The van der Waals surface area contributed by atoms with E-state index in [0.717, 1.165) is 49.7 Å². The van der Waals surface area contributed by atoms with E-state index in [1.807, 2.05) is 30.3 Å². The summed E-state index contributed by atoms with van der Waals surface area (Å²) in [5.41, 5.74) is 2.46. The number of halogens is 2. The van der Waals surface area contributed by atoms with Crippen LogP contribution < -0.4 is 10.6 Å². The van der Waals surface area contributed by atoms with E-state index in [1.165, 1.54) is 18.3 Å². The van der Waals surface area contributed by atoms with Gasteiger partial charge in [-0.15, -0.1) is 11.6 Å². The predicted molar refractivity (Wildman–Crippen MR) is 145 cm³/mol. The number of morpholine rings is 1. The van der Waals surface area contributed by atoms with Crippen LogP contribution in [-0.2, 0) is 11.3 Å². The van der Waals surface area contributed by atoms with Crippen LogP contribution in [0.2, 0.25) is 0 Å². The highest BCUT2D eigenvalue weighted by Gasteiger charge is 2.16. The lowest BCUT2D eigenvalue weighted by Gasteiger charge is -2.26. The van der Waals surface area contributed by atoms with Crippen LogP contribution in [0.1, 0.15) is 22.1 Å². The Hall–Kier alpha value is -2.72. The Bertz CT molecular complexity index is 1120. The number of hydrogen-bond donors (Lipinski definition) is 3. The zero-order valence-corrected chi connectivity index (χ0v) is 21.5. The first kappa shape index (κ1) is 26.3. The maximum Gasteiger partial charge on any atom is 0.191 e. The minimum absolute atomic E-state index is 0.257. The molecule has 36 heavy (non-hydrogen) atoms. The van der Waals surface area contributed by atoms with Gasteiger partial charge in [-0.2, -0.15) is 0 Å². The summed E-state index contributed by atoms with van der Waals surface area (Å²) >= 11 is 8.20. The number of thioether (sulfide) groups is 1. The lowest BCUT2D eigenvalue weighted by Crippen LogP contribution is -2.37. The zero-order valence-electron chi connectivity index (χ0n) is 19.9. The highest BCUT2D eigenvalue weighted by Crippen LogP contribution is 2.27. The van der Waals surface area contributed by atoms with Crippen LogP contribution in [0.5, 0.6) is 0 Å². The molecule has 1 unspecified atom stereocenters. The minimum atomic E-state index is -0.277. The van der Waals surface area contributed by atoms with Gasteiger partial charge in [-0.05, 0) is 23.3 Å². The molecule has 3 aromatic rings. The van der Waals surface area contributed by atoms with Gasteiger partial charge in [0.2, 0.25) is 0 Å². The summed E-state index contributed by atoms with van der Waals surface area (Å²) in [6.45, 7) is 5.20. The molecule has 190 valence electrons. The van der Waals surface area contributed by atoms with E-state index < -0.39 is 0 Å². The smallest absolute Gasteiger partial charge is 0.191 e. The summed E-state index contributed by atoms with van der Waals surface area (Å²) in [6, 6.07) is 16.2. The number of alkyl halides is 1. The summed E-state index contributed by atoms with van der Waals surface area (Å²) in [6.07, 6.45) is 1.24. The molecule has 4 rings (SSSR count). The Morgan fingerprint density at radius 3 is 2.44 bits per heavy atom. The average Bonchev–Trinajstić information content (AvgIpc) is 2.92. The van der Waals surface area contributed by atoms with E-state index in [9.17, 15) is 4.39 Å². The van der Waals surface area contributed by atoms with E-state index in [4.69, 9.17) is 31.7 Å². The van der Waals surface area contributed by atoms with Gasteiger partial charge in [0.1, 0.15) is 17.5 Å². The number of nitrogens with zero attached hydrogens (tertiary/aromatic N) is 3. The van der Waals surface area contributed by atoms with Crippen molar-refractivity contribution in [3.63, 3.8) is 0 Å². The van der Waals surface area contributed by atoms with Gasteiger partial charge in [0, 0.05) is 44.7 Å². The fourth-order valence-electron chi connectivity index (χ4n) is 3.76. The maximum atomic E-state index is 13.3. The topological polar surface area (TPSA) is 86.2 Å². The van der Waals surface area contributed by atoms with Crippen molar-refractivity contribution >= 4 is 41.2 Å². The molecule has 0 saturated carbocycles. The van der Waals surface area contributed by atoms with Crippen LogP contribution in [0.15, 0.2) is 59.8 Å². The molecule has 1 aliphatic heterocycles. The number of rotatable bonds is 12. The molecule has 10 heteroatoms. The van der Waals surface area contributed by atoms with E-state index in [1.54, 1.807) is 23.9 Å². The molecule has 0 amide bonds. The second kappa shape index (κ2) is 13.5. The molecule has 1 aliphatic rings. The molecular formula is C26H30ClFN6OS. The molecule has 3 N–H and O–H groups in total. The molecule has 1 aromatic heterocycles. The van der Waals surface area contributed by atoms with Gasteiger partial charge < -0.3 is 20.8 Å². The summed E-state index contributed by atoms with van der Waals surface area (Å²) in [4.78, 5) is 11.8. The molecule has 2 heterocycles. The third-order valence-electron chi connectivity index (χ3n) is 5.80. The normalized spacial score (nSPS) is 14.8. The largest absolute Gasteiger partial charge is 0.379 e. The Morgan fingerprint density at radius 1 is 1.06 bits per heavy atom. The highest BCUT2D eigenvalue weighted by molar-refractivity contribution is 7.99. The quantitative estimate of drug-likeness (QED) is 0.131. The standard InChI is InChI=1S/C26H30ClFN6OS/c27-23(20-4-2-1-3-5-20)18-31-25-22(16-29)24(30-17-19-6-8-21(28)9-7-19)32-26(33-25)36-15-12-34-10-13-35-14-11-34/h1-9,16,23,29H,10-15,17-18H2,(H2,30,31,32,33). The van der Waals surface area contributed by atoms with Gasteiger partial charge in [-0.1, -0.05) is 54.2 Å². The fourth-order valence-corrected chi connectivity index (χ4v) is 4.83.